The summed E-state index contributed by atoms with van der Waals surface area (Å²) in [5.41, 5.74) is 1.25. The Balaban J connectivity index is 1.20. The van der Waals surface area contributed by atoms with Gasteiger partial charge < -0.3 is 31.4 Å². The Morgan fingerprint density at radius 2 is 1.60 bits per heavy atom. The van der Waals surface area contributed by atoms with E-state index in [4.69, 9.17) is 5.11 Å². The lowest BCUT2D eigenvalue weighted by atomic mass is 9.54. The molecule has 4 bridgehead atoms. The predicted octanol–water partition coefficient (Wildman–Crippen LogP) is 4.21. The summed E-state index contributed by atoms with van der Waals surface area (Å²) in [5.74, 6) is 0.311. The average Bonchev–Trinajstić information content (AvgIpc) is 3.42. The fourth-order valence-electron chi connectivity index (χ4n) is 8.13. The Bertz CT molecular complexity index is 1570. The number of aromatic amines is 1. The number of aliphatic carboxylic acids is 1. The number of carbonyl (C=O) groups is 4. The third-order valence-electron chi connectivity index (χ3n) is 10.00. The topological polar surface area (TPSA) is 152 Å². The highest BCUT2D eigenvalue weighted by Gasteiger charge is 2.49. The van der Waals surface area contributed by atoms with Gasteiger partial charge in [-0.15, -0.1) is 0 Å². The van der Waals surface area contributed by atoms with E-state index in [1.165, 1.54) is 32.1 Å². The van der Waals surface area contributed by atoms with Crippen molar-refractivity contribution >= 4 is 34.7 Å². The molecule has 0 aliphatic heterocycles. The van der Waals surface area contributed by atoms with E-state index >= 15 is 0 Å². The number of fused-ring (bicyclic) bond motifs is 1. The van der Waals surface area contributed by atoms with E-state index in [9.17, 15) is 19.2 Å². The molecule has 4 amide bonds. The molecule has 3 aromatic rings. The molecule has 4 saturated carbocycles. The van der Waals surface area contributed by atoms with E-state index in [0.29, 0.717) is 11.8 Å². The minimum absolute atomic E-state index is 0.0256. The Labute approximate surface area is 262 Å². The molecule has 2 unspecified atom stereocenters. The fraction of sp³-hybridized carbons (Fsp3) is 0.429. The van der Waals surface area contributed by atoms with Crippen LogP contribution in [0.25, 0.3) is 10.9 Å². The van der Waals surface area contributed by atoms with Crippen molar-refractivity contribution in [2.24, 2.45) is 23.7 Å². The van der Waals surface area contributed by atoms with Crippen LogP contribution < -0.4 is 21.3 Å². The molecular formula is C35H41N5O5. The van der Waals surface area contributed by atoms with Gasteiger partial charge in [0.05, 0.1) is 6.04 Å². The largest absolute Gasteiger partial charge is 0.478 e. The highest BCUT2D eigenvalue weighted by Crippen LogP contribution is 2.53. The summed E-state index contributed by atoms with van der Waals surface area (Å²) >= 11 is 0. The van der Waals surface area contributed by atoms with Crippen molar-refractivity contribution in [3.63, 3.8) is 0 Å². The van der Waals surface area contributed by atoms with Gasteiger partial charge in [-0.2, -0.15) is 0 Å². The normalized spacial score (nSPS) is 25.4. The summed E-state index contributed by atoms with van der Waals surface area (Å²) in [7, 11) is 0. The molecular weight excluding hydrogens is 570 g/mol. The second-order valence-corrected chi connectivity index (χ2v) is 13.3. The van der Waals surface area contributed by atoms with Gasteiger partial charge in [0.1, 0.15) is 5.54 Å². The molecule has 45 heavy (non-hydrogen) atoms. The van der Waals surface area contributed by atoms with Crippen molar-refractivity contribution in [3.8, 4) is 0 Å². The van der Waals surface area contributed by atoms with Crippen molar-refractivity contribution in [3.05, 3.63) is 84.1 Å². The fourth-order valence-corrected chi connectivity index (χ4v) is 8.13. The Hall–Kier alpha value is -4.60. The molecule has 6 N–H and O–H groups in total. The molecule has 1 heterocycles. The van der Waals surface area contributed by atoms with E-state index in [1.807, 2.05) is 60.8 Å². The summed E-state index contributed by atoms with van der Waals surface area (Å²) in [6, 6.07) is 16.1. The molecule has 2 aromatic carbocycles. The van der Waals surface area contributed by atoms with Gasteiger partial charge in [0.2, 0.25) is 11.8 Å². The highest BCUT2D eigenvalue weighted by molar-refractivity contribution is 5.94. The van der Waals surface area contributed by atoms with Crippen molar-refractivity contribution in [1.82, 2.24) is 26.3 Å². The van der Waals surface area contributed by atoms with Gasteiger partial charge in [-0.3, -0.25) is 9.59 Å². The van der Waals surface area contributed by atoms with E-state index in [1.54, 1.807) is 6.92 Å². The van der Waals surface area contributed by atoms with Crippen LogP contribution in [0.4, 0.5) is 4.79 Å². The number of nitrogens with one attached hydrogen (secondary N) is 5. The monoisotopic (exact) mass is 611 g/mol. The molecule has 0 radical (unpaired) electrons. The molecule has 10 heteroatoms. The summed E-state index contributed by atoms with van der Waals surface area (Å²) in [6.07, 6.45) is 9.81. The number of hydrogen-bond acceptors (Lipinski definition) is 4. The van der Waals surface area contributed by atoms with Gasteiger partial charge in [-0.25, -0.2) is 9.59 Å². The summed E-state index contributed by atoms with van der Waals surface area (Å²) < 4.78 is 0. The molecule has 236 valence electrons. The standard InChI is InChI=1S/C35H41N5O5/c1-35(18-26-19-36-28-10-6-5-9-27(26)28,40-34(45)39-32-24-14-21-13-22(16-24)17-25(32)15-21)33(44)37-20-29(23-7-3-2-4-8-23)38-30(41)11-12-31(42)43/h2-12,19,21-22,24-25,29,32,36H,13-18,20H2,1H3,(H,37,44)(H,38,41)(H,42,43)(H2,39,40,45). The summed E-state index contributed by atoms with van der Waals surface area (Å²) in [4.78, 5) is 54.4. The van der Waals surface area contributed by atoms with Crippen LogP contribution in [0.5, 0.6) is 0 Å². The third kappa shape index (κ3) is 6.90. The van der Waals surface area contributed by atoms with Gasteiger partial charge >= 0.3 is 12.0 Å². The lowest BCUT2D eigenvalue weighted by Crippen LogP contribution is -2.64. The third-order valence-corrected chi connectivity index (χ3v) is 10.00. The minimum Gasteiger partial charge on any atom is -0.478 e. The van der Waals surface area contributed by atoms with E-state index in [0.717, 1.165) is 46.0 Å². The number of rotatable bonds is 11. The summed E-state index contributed by atoms with van der Waals surface area (Å²) in [5, 5.41) is 22.0. The van der Waals surface area contributed by atoms with Crippen LogP contribution >= 0.6 is 0 Å². The Morgan fingerprint density at radius 3 is 2.29 bits per heavy atom. The van der Waals surface area contributed by atoms with Crippen LogP contribution in [0.1, 0.15) is 56.2 Å². The number of amides is 4. The molecule has 1 aromatic heterocycles. The SMILES string of the molecule is CC(Cc1c[nH]c2ccccc12)(NC(=O)NC1C2CC3CC(C2)CC1C3)C(=O)NCC(NC(=O)C=CC(=O)O)c1ccccc1. The first kappa shape index (κ1) is 30.4. The first-order valence-corrected chi connectivity index (χ1v) is 15.9. The van der Waals surface area contributed by atoms with Crippen molar-refractivity contribution in [2.45, 2.75) is 63.1 Å². The van der Waals surface area contributed by atoms with Crippen LogP contribution in [0.15, 0.2) is 72.9 Å². The lowest BCUT2D eigenvalue weighted by Gasteiger charge is -2.54. The Morgan fingerprint density at radius 1 is 0.933 bits per heavy atom. The van der Waals surface area contributed by atoms with Crippen LogP contribution in [-0.2, 0) is 20.8 Å². The average molecular weight is 612 g/mol. The lowest BCUT2D eigenvalue weighted by molar-refractivity contribution is -0.131. The number of carboxylic acids is 1. The molecule has 0 saturated heterocycles. The van der Waals surface area contributed by atoms with Gasteiger partial charge in [0.15, 0.2) is 0 Å². The number of aromatic nitrogens is 1. The van der Waals surface area contributed by atoms with Crippen molar-refractivity contribution in [2.75, 3.05) is 6.54 Å². The second-order valence-electron chi connectivity index (χ2n) is 13.3. The second kappa shape index (κ2) is 12.8. The van der Waals surface area contributed by atoms with Gasteiger partial charge in [0.25, 0.3) is 0 Å². The number of carbonyl (C=O) groups excluding carboxylic acids is 3. The van der Waals surface area contributed by atoms with Crippen LogP contribution in [-0.4, -0.2) is 52.0 Å². The quantitative estimate of drug-likeness (QED) is 0.180. The first-order valence-electron chi connectivity index (χ1n) is 15.9. The zero-order chi connectivity index (χ0) is 31.6. The number of carboxylic acid groups (broad SMARTS) is 1. The van der Waals surface area contributed by atoms with E-state index < -0.39 is 29.4 Å². The Kier molecular flexibility index (Phi) is 8.65. The van der Waals surface area contributed by atoms with Gasteiger partial charge in [0, 0.05) is 48.3 Å². The maximum Gasteiger partial charge on any atom is 0.328 e. The molecule has 7 rings (SSSR count). The molecule has 4 aliphatic rings. The molecule has 2 atom stereocenters. The van der Waals surface area contributed by atoms with E-state index in [-0.39, 0.29) is 25.0 Å². The molecule has 4 fully saturated rings. The van der Waals surface area contributed by atoms with E-state index in [2.05, 4.69) is 26.3 Å². The molecule has 4 aliphatic carbocycles. The van der Waals surface area contributed by atoms with Crippen LogP contribution in [0, 0.1) is 23.7 Å². The van der Waals surface area contributed by atoms with Crippen molar-refractivity contribution < 1.29 is 24.3 Å². The minimum atomic E-state index is -1.32. The number of H-pyrrole nitrogens is 1. The maximum absolute atomic E-state index is 14.1. The maximum atomic E-state index is 14.1. The highest BCUT2D eigenvalue weighted by atomic mass is 16.4. The first-order chi connectivity index (χ1) is 21.7. The van der Waals surface area contributed by atoms with Crippen molar-refractivity contribution in [1.29, 1.82) is 0 Å². The smallest absolute Gasteiger partial charge is 0.328 e. The predicted molar refractivity (Wildman–Crippen MR) is 170 cm³/mol. The summed E-state index contributed by atoms with van der Waals surface area (Å²) in [6.45, 7) is 1.75. The molecule has 10 nitrogen and oxygen atoms in total. The zero-order valence-electron chi connectivity index (χ0n) is 25.4. The number of hydrogen-bond donors (Lipinski definition) is 6. The van der Waals surface area contributed by atoms with Gasteiger partial charge in [-0.05, 0) is 79.9 Å². The number of benzene rings is 2. The van der Waals surface area contributed by atoms with Gasteiger partial charge in [-0.1, -0.05) is 48.5 Å². The van der Waals surface area contributed by atoms with Crippen LogP contribution in [0.3, 0.4) is 0 Å². The zero-order valence-corrected chi connectivity index (χ0v) is 25.4. The number of urea groups is 1. The number of para-hydroxylation sites is 1. The molecule has 0 spiro atoms. The van der Waals surface area contributed by atoms with Crippen LogP contribution in [0.2, 0.25) is 0 Å².